The van der Waals surface area contributed by atoms with Crippen molar-refractivity contribution in [3.63, 3.8) is 0 Å². The topological polar surface area (TPSA) is 27.8 Å². The van der Waals surface area contributed by atoms with Crippen LogP contribution in [-0.2, 0) is 6.42 Å². The molecule has 1 aromatic heterocycles. The predicted octanol–water partition coefficient (Wildman–Crippen LogP) is 3.11. The van der Waals surface area contributed by atoms with Crippen LogP contribution in [-0.4, -0.2) is 18.1 Å². The molecule has 17 heavy (non-hydrogen) atoms. The molecule has 3 rings (SSSR count). The third-order valence-corrected chi connectivity index (χ3v) is 3.59. The lowest BCUT2D eigenvalue weighted by Crippen LogP contribution is -2.19. The molecule has 0 unspecified atom stereocenters. The molecule has 0 fully saturated rings. The monoisotopic (exact) mass is 226 g/mol. The molecule has 0 amide bonds. The van der Waals surface area contributed by atoms with E-state index in [0.717, 1.165) is 25.9 Å². The number of para-hydroxylation sites is 1. The van der Waals surface area contributed by atoms with Crippen molar-refractivity contribution in [3.05, 3.63) is 41.6 Å². The van der Waals surface area contributed by atoms with Gasteiger partial charge in [-0.25, -0.2) is 0 Å². The van der Waals surface area contributed by atoms with E-state index in [2.05, 4.69) is 47.7 Å². The van der Waals surface area contributed by atoms with Gasteiger partial charge in [0.2, 0.25) is 0 Å². The van der Waals surface area contributed by atoms with Gasteiger partial charge in [0.05, 0.1) is 0 Å². The predicted molar refractivity (Wildman–Crippen MR) is 73.1 cm³/mol. The van der Waals surface area contributed by atoms with Gasteiger partial charge in [-0.2, -0.15) is 0 Å². The summed E-state index contributed by atoms with van der Waals surface area (Å²) in [5.41, 5.74) is 5.58. The van der Waals surface area contributed by atoms with Gasteiger partial charge < -0.3 is 10.3 Å². The van der Waals surface area contributed by atoms with Crippen LogP contribution in [0, 0.1) is 0 Å². The maximum absolute atomic E-state index is 3.44. The molecule has 0 bridgehead atoms. The zero-order chi connectivity index (χ0) is 11.7. The van der Waals surface area contributed by atoms with E-state index in [1.165, 1.54) is 27.6 Å². The Hall–Kier alpha value is -1.54. The highest BCUT2D eigenvalue weighted by atomic mass is 14.8. The van der Waals surface area contributed by atoms with Crippen LogP contribution in [0.25, 0.3) is 16.5 Å². The van der Waals surface area contributed by atoms with E-state index in [9.17, 15) is 0 Å². The molecule has 0 spiro atoms. The fourth-order valence-electron chi connectivity index (χ4n) is 2.64. The first-order valence-corrected chi connectivity index (χ1v) is 6.39. The lowest BCUT2D eigenvalue weighted by molar-refractivity contribution is 0.739. The summed E-state index contributed by atoms with van der Waals surface area (Å²) in [6.07, 6.45) is 6.69. The molecule has 2 nitrogen and oxygen atoms in total. The molecular formula is C15H18N2. The van der Waals surface area contributed by atoms with Crippen molar-refractivity contribution in [3.8, 4) is 0 Å². The maximum Gasteiger partial charge on any atom is 0.0492 e. The third kappa shape index (κ3) is 1.79. The minimum atomic E-state index is 0.996. The molecular weight excluding hydrogens is 208 g/mol. The third-order valence-electron chi connectivity index (χ3n) is 3.59. The van der Waals surface area contributed by atoms with Gasteiger partial charge in [-0.05, 0) is 30.5 Å². The summed E-state index contributed by atoms with van der Waals surface area (Å²) in [6.45, 7) is 4.29. The van der Waals surface area contributed by atoms with Crippen LogP contribution >= 0.6 is 0 Å². The lowest BCUT2D eigenvalue weighted by atomic mass is 9.98. The second-order valence-electron chi connectivity index (χ2n) is 4.58. The van der Waals surface area contributed by atoms with Crippen LogP contribution in [0.5, 0.6) is 0 Å². The number of aryl methyl sites for hydroxylation is 1. The van der Waals surface area contributed by atoms with E-state index in [4.69, 9.17) is 0 Å². The number of hydrogen-bond donors (Lipinski definition) is 2. The number of rotatable bonds is 2. The Morgan fingerprint density at radius 2 is 2.24 bits per heavy atom. The van der Waals surface area contributed by atoms with Crippen molar-refractivity contribution in [1.29, 1.82) is 0 Å². The largest absolute Gasteiger partial charge is 0.360 e. The zero-order valence-electron chi connectivity index (χ0n) is 10.2. The van der Waals surface area contributed by atoms with Crippen LogP contribution in [0.1, 0.15) is 24.5 Å². The molecule has 0 saturated carbocycles. The van der Waals surface area contributed by atoms with Gasteiger partial charge in [-0.3, -0.25) is 0 Å². The summed E-state index contributed by atoms with van der Waals surface area (Å²) >= 11 is 0. The van der Waals surface area contributed by atoms with E-state index >= 15 is 0 Å². The van der Waals surface area contributed by atoms with Gasteiger partial charge >= 0.3 is 0 Å². The van der Waals surface area contributed by atoms with E-state index in [1.807, 2.05) is 0 Å². The van der Waals surface area contributed by atoms with Gasteiger partial charge in [0.25, 0.3) is 0 Å². The first-order chi connectivity index (χ1) is 8.40. The Morgan fingerprint density at radius 3 is 3.00 bits per heavy atom. The first-order valence-electron chi connectivity index (χ1n) is 6.39. The highest BCUT2D eigenvalue weighted by Crippen LogP contribution is 2.29. The quantitative estimate of drug-likeness (QED) is 0.809. The molecule has 88 valence electrons. The smallest absolute Gasteiger partial charge is 0.0492 e. The van der Waals surface area contributed by atoms with E-state index < -0.39 is 0 Å². The van der Waals surface area contributed by atoms with Gasteiger partial charge in [0, 0.05) is 29.2 Å². The highest BCUT2D eigenvalue weighted by molar-refractivity contribution is 5.94. The average molecular weight is 226 g/mol. The number of aromatic nitrogens is 1. The molecule has 2 heteroatoms. The second kappa shape index (κ2) is 4.38. The molecule has 2 N–H and O–H groups in total. The second-order valence-corrected chi connectivity index (χ2v) is 4.58. The molecule has 0 aliphatic carbocycles. The summed E-state index contributed by atoms with van der Waals surface area (Å²) in [5.74, 6) is 0. The average Bonchev–Trinajstić information content (AvgIpc) is 2.83. The SMILES string of the molecule is CCc1cccc2c(C3=CCNCC3)c[nH]c12. The molecule has 1 aromatic carbocycles. The van der Waals surface area contributed by atoms with Gasteiger partial charge in [-0.15, -0.1) is 0 Å². The van der Waals surface area contributed by atoms with E-state index in [1.54, 1.807) is 0 Å². The normalized spacial score (nSPS) is 16.2. The van der Waals surface area contributed by atoms with Gasteiger partial charge in [0.15, 0.2) is 0 Å². The number of benzene rings is 1. The fourth-order valence-corrected chi connectivity index (χ4v) is 2.64. The van der Waals surface area contributed by atoms with E-state index in [0.29, 0.717) is 0 Å². The number of nitrogens with one attached hydrogen (secondary N) is 2. The summed E-state index contributed by atoms with van der Waals surface area (Å²) < 4.78 is 0. The van der Waals surface area contributed by atoms with Crippen LogP contribution in [0.4, 0.5) is 0 Å². The van der Waals surface area contributed by atoms with Crippen LogP contribution in [0.15, 0.2) is 30.5 Å². The Morgan fingerprint density at radius 1 is 1.29 bits per heavy atom. The molecule has 2 heterocycles. The minimum absolute atomic E-state index is 0.996. The maximum atomic E-state index is 3.44. The Bertz CT molecular complexity index is 563. The molecule has 0 saturated heterocycles. The molecule has 0 atom stereocenters. The van der Waals surface area contributed by atoms with Crippen molar-refractivity contribution in [2.75, 3.05) is 13.1 Å². The van der Waals surface area contributed by atoms with Crippen molar-refractivity contribution in [2.24, 2.45) is 0 Å². The Balaban J connectivity index is 2.15. The Kier molecular flexibility index (Phi) is 2.73. The van der Waals surface area contributed by atoms with Gasteiger partial charge in [0.1, 0.15) is 0 Å². The van der Waals surface area contributed by atoms with Crippen LogP contribution < -0.4 is 5.32 Å². The summed E-state index contributed by atoms with van der Waals surface area (Å²) in [6, 6.07) is 6.60. The zero-order valence-corrected chi connectivity index (χ0v) is 10.2. The van der Waals surface area contributed by atoms with E-state index in [-0.39, 0.29) is 0 Å². The number of hydrogen-bond acceptors (Lipinski definition) is 1. The molecule has 1 aliphatic heterocycles. The minimum Gasteiger partial charge on any atom is -0.360 e. The summed E-state index contributed by atoms with van der Waals surface area (Å²) in [7, 11) is 0. The lowest BCUT2D eigenvalue weighted by Gasteiger charge is -2.13. The van der Waals surface area contributed by atoms with Crippen molar-refractivity contribution in [1.82, 2.24) is 10.3 Å². The standard InChI is InChI=1S/C15H18N2/c1-2-11-4-3-5-13-14(10-17-15(11)13)12-6-8-16-9-7-12/h3-6,10,16-17H,2,7-9H2,1H3. The summed E-state index contributed by atoms with van der Waals surface area (Å²) in [4.78, 5) is 3.44. The van der Waals surface area contributed by atoms with Crippen molar-refractivity contribution >= 4 is 16.5 Å². The number of H-pyrrole nitrogens is 1. The fraction of sp³-hybridized carbons (Fsp3) is 0.333. The van der Waals surface area contributed by atoms with Crippen LogP contribution in [0.3, 0.4) is 0 Å². The Labute approximate surface area is 102 Å². The molecule has 2 aromatic rings. The molecule has 1 aliphatic rings. The molecule has 0 radical (unpaired) electrons. The van der Waals surface area contributed by atoms with Crippen molar-refractivity contribution in [2.45, 2.75) is 19.8 Å². The van der Waals surface area contributed by atoms with Crippen molar-refractivity contribution < 1.29 is 0 Å². The summed E-state index contributed by atoms with van der Waals surface area (Å²) in [5, 5.41) is 4.73. The number of aromatic amines is 1. The van der Waals surface area contributed by atoms with Gasteiger partial charge in [-0.1, -0.05) is 31.2 Å². The highest BCUT2D eigenvalue weighted by Gasteiger charge is 2.11. The first kappa shape index (κ1) is 10.6. The van der Waals surface area contributed by atoms with Crippen LogP contribution in [0.2, 0.25) is 0 Å². The number of fused-ring (bicyclic) bond motifs is 1.